The van der Waals surface area contributed by atoms with Crippen LogP contribution < -0.4 is 0 Å². The Labute approximate surface area is 192 Å². The van der Waals surface area contributed by atoms with E-state index < -0.39 is 7.59 Å². The molecule has 154 valence electrons. The molecule has 1 unspecified atom stereocenters. The smallest absolute Gasteiger partial charge is 0.194 e. The fourth-order valence-corrected chi connectivity index (χ4v) is 5.41. The maximum absolute atomic E-state index is 6.46. The summed E-state index contributed by atoms with van der Waals surface area (Å²) < 4.78 is -2.48. The first-order valence-corrected chi connectivity index (χ1v) is 11.8. The van der Waals surface area contributed by atoms with Gasteiger partial charge in [-0.05, 0) is 44.9 Å². The van der Waals surface area contributed by atoms with Gasteiger partial charge in [0.15, 0.2) is 7.59 Å². The summed E-state index contributed by atoms with van der Waals surface area (Å²) in [7, 11) is 0. The lowest BCUT2D eigenvalue weighted by atomic mass is 9.67. The summed E-state index contributed by atoms with van der Waals surface area (Å²) >= 11 is 35.2. The van der Waals surface area contributed by atoms with Gasteiger partial charge in [-0.1, -0.05) is 93.9 Å². The molecule has 0 amide bonds. The Balaban J connectivity index is 1.69. The molecule has 4 atom stereocenters. The molecule has 2 saturated heterocycles. The van der Waals surface area contributed by atoms with Gasteiger partial charge in [0.25, 0.3) is 0 Å². The highest BCUT2D eigenvalue weighted by molar-refractivity contribution is 6.68. The number of rotatable bonds is 5. The minimum Gasteiger partial charge on any atom is -0.294 e. The minimum absolute atomic E-state index is 0.0684. The zero-order valence-electron chi connectivity index (χ0n) is 15.0. The van der Waals surface area contributed by atoms with E-state index in [1.165, 1.54) is 12.8 Å². The van der Waals surface area contributed by atoms with Gasteiger partial charge in [-0.25, -0.2) is 0 Å². The topological polar surface area (TPSA) is 12.5 Å². The second-order valence-corrected chi connectivity index (χ2v) is 12.8. The highest BCUT2D eigenvalue weighted by atomic mass is 35.6. The van der Waals surface area contributed by atoms with Gasteiger partial charge in [0, 0.05) is 24.8 Å². The van der Waals surface area contributed by atoms with Crippen LogP contribution in [-0.4, -0.2) is 30.3 Å². The molecule has 3 rings (SSSR count). The third-order valence-electron chi connectivity index (χ3n) is 5.90. The first-order chi connectivity index (χ1) is 12.6. The third-order valence-corrected chi connectivity index (χ3v) is 6.83. The Bertz CT molecular complexity index is 566. The van der Waals surface area contributed by atoms with Crippen LogP contribution in [0.1, 0.15) is 57.8 Å². The van der Waals surface area contributed by atoms with Gasteiger partial charge in [-0.3, -0.25) is 4.84 Å². The number of halogens is 6. The lowest BCUT2D eigenvalue weighted by Crippen LogP contribution is -2.55. The van der Waals surface area contributed by atoms with Crippen LogP contribution in [0, 0.1) is 5.92 Å². The van der Waals surface area contributed by atoms with E-state index in [0.29, 0.717) is 24.8 Å². The zero-order valence-corrected chi connectivity index (χ0v) is 19.6. The predicted molar refractivity (Wildman–Crippen MR) is 117 cm³/mol. The number of alkyl halides is 6. The van der Waals surface area contributed by atoms with Gasteiger partial charge in [-0.2, -0.15) is 5.06 Å². The molecule has 0 aromatic carbocycles. The summed E-state index contributed by atoms with van der Waals surface area (Å²) in [4.78, 5) is 6.46. The average Bonchev–Trinajstić information content (AvgIpc) is 2.72. The summed E-state index contributed by atoms with van der Waals surface area (Å²) in [6, 6.07) is 0.359. The van der Waals surface area contributed by atoms with Crippen LogP contribution >= 0.6 is 69.6 Å². The van der Waals surface area contributed by atoms with E-state index in [4.69, 9.17) is 74.4 Å². The normalized spacial score (nSPS) is 35.3. The predicted octanol–water partition coefficient (Wildman–Crippen LogP) is 7.72. The molecule has 27 heavy (non-hydrogen) atoms. The molecule has 2 nitrogen and oxygen atoms in total. The summed E-state index contributed by atoms with van der Waals surface area (Å²) in [5.74, 6) is 0.353. The number of nitrogens with zero attached hydrogens (tertiary/aromatic N) is 1. The van der Waals surface area contributed by atoms with Gasteiger partial charge < -0.3 is 0 Å². The fourth-order valence-electron chi connectivity index (χ4n) is 4.88. The van der Waals surface area contributed by atoms with Crippen molar-refractivity contribution < 1.29 is 4.84 Å². The quantitative estimate of drug-likeness (QED) is 0.286. The molecule has 2 aliphatic heterocycles. The average molecular weight is 496 g/mol. The molecule has 2 bridgehead atoms. The number of hydrogen-bond donors (Lipinski definition) is 0. The van der Waals surface area contributed by atoms with Crippen molar-refractivity contribution in [2.75, 3.05) is 0 Å². The van der Waals surface area contributed by atoms with E-state index in [9.17, 15) is 0 Å². The monoisotopic (exact) mass is 493 g/mol. The molecule has 1 saturated carbocycles. The van der Waals surface area contributed by atoms with E-state index in [-0.39, 0.29) is 11.6 Å². The lowest BCUT2D eigenvalue weighted by molar-refractivity contribution is -0.221. The van der Waals surface area contributed by atoms with Crippen molar-refractivity contribution >= 4 is 69.6 Å². The zero-order chi connectivity index (χ0) is 19.7. The highest BCUT2D eigenvalue weighted by Crippen LogP contribution is 2.54. The molecular formula is C19H25Cl6NO. The summed E-state index contributed by atoms with van der Waals surface area (Å²) in [5, 5.41) is 2.30. The molecule has 3 aliphatic rings. The molecular weight excluding hydrogens is 471 g/mol. The third kappa shape index (κ3) is 5.85. The number of piperidine rings is 1. The number of hydroxylamine groups is 2. The SMILES string of the molecule is ClC(Cl)(Cl)C/C=C\C[C@@H]1CCCC23CCC[C@@H](ON12)[C@H]3/C=C\CC(Cl)(Cl)Cl. The second kappa shape index (κ2) is 9.10. The maximum Gasteiger partial charge on any atom is 0.194 e. The molecule has 8 heteroatoms. The van der Waals surface area contributed by atoms with Gasteiger partial charge in [0.05, 0.1) is 11.6 Å². The largest absolute Gasteiger partial charge is 0.294 e. The Morgan fingerprint density at radius 3 is 2.19 bits per heavy atom. The lowest BCUT2D eigenvalue weighted by Gasteiger charge is -2.48. The van der Waals surface area contributed by atoms with Crippen LogP contribution in [-0.2, 0) is 4.84 Å². The molecule has 0 N–H and O–H groups in total. The van der Waals surface area contributed by atoms with Gasteiger partial charge in [-0.15, -0.1) is 0 Å². The fraction of sp³-hybridized carbons (Fsp3) is 0.789. The highest BCUT2D eigenvalue weighted by Gasteiger charge is 2.58. The number of fused-ring (bicyclic) bond motifs is 1. The molecule has 2 heterocycles. The molecule has 0 aromatic rings. The van der Waals surface area contributed by atoms with E-state index in [2.05, 4.69) is 17.2 Å². The Morgan fingerprint density at radius 1 is 0.889 bits per heavy atom. The summed E-state index contributed by atoms with van der Waals surface area (Å²) in [5.41, 5.74) is 0.0684. The van der Waals surface area contributed by atoms with Gasteiger partial charge >= 0.3 is 0 Å². The Hall–Kier alpha value is 1.14. The number of hydrogen-bond acceptors (Lipinski definition) is 2. The molecule has 1 spiro atoms. The van der Waals surface area contributed by atoms with Crippen molar-refractivity contribution in [2.45, 2.75) is 83.1 Å². The molecule has 1 aliphatic carbocycles. The van der Waals surface area contributed by atoms with Gasteiger partial charge in [0.2, 0.25) is 0 Å². The van der Waals surface area contributed by atoms with Crippen LogP contribution in [0.25, 0.3) is 0 Å². The second-order valence-electron chi connectivity index (χ2n) is 7.81. The standard InChI is InChI=1S/C19H25Cl6NO/c20-18(21,22)12-2-1-6-14-7-3-10-17-11-5-9-16(27-26(14)17)15(17)8-4-13-19(23,24)25/h1-2,4,8,14-16H,3,5-7,9-13H2/b2-1-,8-4-/t14-,15-,16-,17?/m1/s1. The van der Waals surface area contributed by atoms with Crippen molar-refractivity contribution in [2.24, 2.45) is 5.92 Å². The van der Waals surface area contributed by atoms with E-state index in [0.717, 1.165) is 32.1 Å². The Morgan fingerprint density at radius 2 is 1.52 bits per heavy atom. The maximum atomic E-state index is 6.46. The number of allylic oxidation sites excluding steroid dienone is 2. The summed E-state index contributed by atoms with van der Waals surface area (Å²) in [6.07, 6.45) is 17.2. The van der Waals surface area contributed by atoms with Crippen LogP contribution in [0.3, 0.4) is 0 Å². The van der Waals surface area contributed by atoms with Crippen LogP contribution in [0.4, 0.5) is 0 Å². The van der Waals surface area contributed by atoms with Gasteiger partial charge in [0.1, 0.15) is 0 Å². The molecule has 0 aromatic heterocycles. The van der Waals surface area contributed by atoms with Crippen molar-refractivity contribution in [3.8, 4) is 0 Å². The molecule has 3 fully saturated rings. The van der Waals surface area contributed by atoms with Crippen LogP contribution in [0.2, 0.25) is 0 Å². The molecule has 0 radical (unpaired) electrons. The first kappa shape index (κ1) is 22.8. The summed E-state index contributed by atoms with van der Waals surface area (Å²) in [6.45, 7) is 0. The van der Waals surface area contributed by atoms with Crippen molar-refractivity contribution in [1.82, 2.24) is 5.06 Å². The van der Waals surface area contributed by atoms with Crippen LogP contribution in [0.15, 0.2) is 24.3 Å². The van der Waals surface area contributed by atoms with E-state index >= 15 is 0 Å². The van der Waals surface area contributed by atoms with Crippen molar-refractivity contribution in [3.05, 3.63) is 24.3 Å². The van der Waals surface area contributed by atoms with Crippen molar-refractivity contribution in [1.29, 1.82) is 0 Å². The first-order valence-electron chi connectivity index (χ1n) is 9.52. The van der Waals surface area contributed by atoms with Crippen molar-refractivity contribution in [3.63, 3.8) is 0 Å². The Kier molecular flexibility index (Phi) is 7.69. The minimum atomic E-state index is -1.25. The van der Waals surface area contributed by atoms with Crippen LogP contribution in [0.5, 0.6) is 0 Å². The van der Waals surface area contributed by atoms with E-state index in [1.807, 2.05) is 12.2 Å². The van der Waals surface area contributed by atoms with E-state index in [1.54, 1.807) is 0 Å².